The molecule has 0 radical (unpaired) electrons. The number of pyridine rings is 1. The summed E-state index contributed by atoms with van der Waals surface area (Å²) in [7, 11) is -4.60. The van der Waals surface area contributed by atoms with Crippen molar-refractivity contribution in [3.8, 4) is 11.5 Å². The molecule has 6 aliphatic rings. The van der Waals surface area contributed by atoms with Crippen molar-refractivity contribution < 1.29 is 37.5 Å². The Morgan fingerprint density at radius 1 is 0.920 bits per heavy atom. The molecule has 2 aromatic heterocycles. The molecule has 2 atom stereocenters. The van der Waals surface area contributed by atoms with E-state index in [0.29, 0.717) is 62.1 Å². The van der Waals surface area contributed by atoms with Gasteiger partial charge in [0.05, 0.1) is 28.0 Å². The highest BCUT2D eigenvalue weighted by Crippen LogP contribution is 2.44. The van der Waals surface area contributed by atoms with Crippen LogP contribution < -0.4 is 30.2 Å². The second-order valence-corrected chi connectivity index (χ2v) is 28.3. The first-order valence-electron chi connectivity index (χ1n) is 30.5. The van der Waals surface area contributed by atoms with Crippen LogP contribution in [-0.2, 0) is 32.7 Å². The third kappa shape index (κ3) is 13.5. The topological polar surface area (TPSA) is 239 Å². The van der Waals surface area contributed by atoms with Gasteiger partial charge in [-0.3, -0.25) is 44.4 Å². The lowest BCUT2D eigenvalue weighted by Gasteiger charge is -2.45. The van der Waals surface area contributed by atoms with E-state index in [1.54, 1.807) is 35.4 Å². The Hall–Kier alpha value is -6.89. The number of benzene rings is 4. The number of ether oxygens (including phenoxy) is 1. The van der Waals surface area contributed by atoms with Crippen molar-refractivity contribution in [1.82, 2.24) is 39.6 Å². The lowest BCUT2D eigenvalue weighted by Crippen LogP contribution is -2.55. The fraction of sp³-hybridized carbons (Fsp3) is 0.431. The molecule has 2 aliphatic carbocycles. The third-order valence-electron chi connectivity index (χ3n) is 18.8. The van der Waals surface area contributed by atoms with Gasteiger partial charge in [0, 0.05) is 129 Å². The van der Waals surface area contributed by atoms with Gasteiger partial charge in [0.1, 0.15) is 23.2 Å². The van der Waals surface area contributed by atoms with Gasteiger partial charge < -0.3 is 35.3 Å². The van der Waals surface area contributed by atoms with Crippen LogP contribution in [0.25, 0.3) is 16.6 Å². The van der Waals surface area contributed by atoms with Crippen molar-refractivity contribution in [3.05, 3.63) is 145 Å². The largest absolute Gasteiger partial charge is 0.733 e. The van der Waals surface area contributed by atoms with Crippen LogP contribution >= 0.6 is 27.5 Å². The third-order valence-corrected chi connectivity index (χ3v) is 21.1. The van der Waals surface area contributed by atoms with Gasteiger partial charge >= 0.3 is 0 Å². The van der Waals surface area contributed by atoms with E-state index in [1.807, 2.05) is 24.3 Å². The fourth-order valence-corrected chi connectivity index (χ4v) is 15.5. The van der Waals surface area contributed by atoms with Crippen molar-refractivity contribution in [2.45, 2.75) is 115 Å². The Morgan fingerprint density at radius 2 is 1.70 bits per heavy atom. The molecule has 0 spiro atoms. The molecule has 23 heteroatoms. The molecule has 88 heavy (non-hydrogen) atoms. The lowest BCUT2D eigenvalue weighted by molar-refractivity contribution is -0.136. The highest BCUT2D eigenvalue weighted by atomic mass is 79.9. The molecular weight excluding hydrogens is 1230 g/mol. The number of imide groups is 1. The quantitative estimate of drug-likeness (QED) is 0.0422. The summed E-state index contributed by atoms with van der Waals surface area (Å²) in [6, 6.07) is 24.7. The minimum absolute atomic E-state index is 0.0394. The molecule has 12 rings (SSSR count). The number of nitrogens with one attached hydrogen (secondary N) is 4. The molecule has 0 bridgehead atoms. The van der Waals surface area contributed by atoms with E-state index < -0.39 is 32.8 Å². The second kappa shape index (κ2) is 25.5. The summed E-state index contributed by atoms with van der Waals surface area (Å²) in [5.41, 5.74) is 8.11. The van der Waals surface area contributed by atoms with Gasteiger partial charge in [0.2, 0.25) is 11.8 Å². The monoisotopic (exact) mass is 1300 g/mol. The van der Waals surface area contributed by atoms with Crippen LogP contribution in [0.4, 0.5) is 17.1 Å². The summed E-state index contributed by atoms with van der Waals surface area (Å²) in [5.74, 6) is -1.15. The number of anilines is 3. The standard InChI is InChI=1S/C65H74BrClN11O9S/c1-40-36-76(27-26-75(40)37-42-28-52-54(55(66)29-42)39-77(64(52)82)57-16-17-60(79)71-63(57)81)47-10-4-41(5-11-47)34-69-56-15-13-50(32-58(56)78(83)84)88(85,86)72-62(80)51-14-12-48(31-59(51)87-49-30-44-19-21-68-61(44)70-35-49)74-24-22-73(23-25-74)38-45-18-20-65(2,3)33-53(45)43-6-8-46(67)9-7-43/h6-9,12-15,19,21,28-32,35,40-41,47,57,69,83H,4-5,10-11,16-18,20,22-27,33-34,36-39H2,1-3H3,(H,68,70)(H,72,80)(H,71,79,81)/q-1/t40-,41?,47?,57?/m1/s1. The molecule has 3 saturated heterocycles. The van der Waals surface area contributed by atoms with E-state index in [1.165, 1.54) is 35.0 Å². The van der Waals surface area contributed by atoms with Crippen LogP contribution in [0.3, 0.4) is 0 Å². The maximum Gasteiger partial charge on any atom is 0.268 e. The lowest BCUT2D eigenvalue weighted by atomic mass is 9.72. The zero-order valence-electron chi connectivity index (χ0n) is 49.7. The minimum atomic E-state index is -4.60. The van der Waals surface area contributed by atoms with E-state index in [2.05, 4.69) is 99.8 Å². The highest BCUT2D eigenvalue weighted by Gasteiger charge is 2.41. The van der Waals surface area contributed by atoms with Crippen LogP contribution in [0.2, 0.25) is 5.02 Å². The first-order valence-corrected chi connectivity index (χ1v) is 33.1. The average molecular weight is 1300 g/mol. The molecule has 464 valence electrons. The number of fused-ring (bicyclic) bond motifs is 2. The summed E-state index contributed by atoms with van der Waals surface area (Å²) in [5, 5.41) is 29.8. The van der Waals surface area contributed by atoms with Crippen LogP contribution in [0.1, 0.15) is 116 Å². The molecule has 4 aromatic carbocycles. The van der Waals surface area contributed by atoms with E-state index >= 15 is 0 Å². The first-order chi connectivity index (χ1) is 42.2. The number of halogens is 2. The summed E-state index contributed by atoms with van der Waals surface area (Å²) >= 11 is 9.99. The van der Waals surface area contributed by atoms with Crippen LogP contribution in [0.15, 0.2) is 112 Å². The molecular formula is C65H74BrClN11O9S-. The van der Waals surface area contributed by atoms with E-state index in [9.17, 15) is 38.0 Å². The average Bonchev–Trinajstić information content (AvgIpc) is 2.41. The van der Waals surface area contributed by atoms with Gasteiger partial charge in [-0.2, -0.15) is 0 Å². The fourth-order valence-electron chi connectivity index (χ4n) is 13.8. The SMILES string of the molecule is C[C@@H]1CN(C2CCC(CNc3ccc(S(=O)(=O)NC(=O)c4ccc(N5CCN(CC6=C(c7ccc(Cl)cc7)CC(C)(C)CC6)CC5)cc4Oc4cnc5[nH]ccc5c4)cc3N([O-])O)CC2)CCN1Cc1cc(Br)c2c(c1)C(=O)N(C1CCC(=O)NC1=O)C2. The number of sulfonamides is 1. The highest BCUT2D eigenvalue weighted by molar-refractivity contribution is 9.10. The minimum Gasteiger partial charge on any atom is -0.733 e. The van der Waals surface area contributed by atoms with E-state index in [0.717, 1.165) is 122 Å². The molecule has 4 fully saturated rings. The van der Waals surface area contributed by atoms with Crippen LogP contribution in [-0.4, -0.2) is 144 Å². The number of hydrogen-bond donors (Lipinski definition) is 5. The van der Waals surface area contributed by atoms with Crippen molar-refractivity contribution in [2.75, 3.05) is 74.3 Å². The summed E-state index contributed by atoms with van der Waals surface area (Å²) in [4.78, 5) is 70.7. The predicted molar refractivity (Wildman–Crippen MR) is 342 cm³/mol. The smallest absolute Gasteiger partial charge is 0.268 e. The van der Waals surface area contributed by atoms with E-state index in [-0.39, 0.29) is 63.5 Å². The number of hydrogen-bond acceptors (Lipinski definition) is 16. The van der Waals surface area contributed by atoms with Gasteiger partial charge in [-0.05, 0) is 159 Å². The number of carbonyl (C=O) groups is 4. The van der Waals surface area contributed by atoms with Crippen LogP contribution in [0.5, 0.6) is 11.5 Å². The molecule has 6 heterocycles. The normalized spacial score (nSPS) is 22.2. The number of carbonyl (C=O) groups excluding carboxylic acids is 4. The Morgan fingerprint density at radius 3 is 2.45 bits per heavy atom. The number of H-pyrrole nitrogens is 1. The van der Waals surface area contributed by atoms with Crippen molar-refractivity contribution in [1.29, 1.82) is 0 Å². The summed E-state index contributed by atoms with van der Waals surface area (Å²) < 4.78 is 37.6. The molecule has 20 nitrogen and oxygen atoms in total. The van der Waals surface area contributed by atoms with Gasteiger partial charge in [0.25, 0.3) is 21.8 Å². The molecule has 4 amide bonds. The van der Waals surface area contributed by atoms with Gasteiger partial charge in [-0.15, -0.1) is 0 Å². The number of piperazine rings is 2. The number of allylic oxidation sites excluding steroid dienone is 1. The number of piperidine rings is 1. The van der Waals surface area contributed by atoms with Crippen molar-refractivity contribution in [2.24, 2.45) is 11.3 Å². The maximum atomic E-state index is 14.2. The summed E-state index contributed by atoms with van der Waals surface area (Å²) in [6.07, 6.45) is 10.8. The zero-order valence-corrected chi connectivity index (χ0v) is 52.9. The Kier molecular flexibility index (Phi) is 17.8. The molecule has 1 unspecified atom stereocenters. The Balaban J connectivity index is 0.653. The van der Waals surface area contributed by atoms with Crippen LogP contribution in [0, 0.1) is 16.5 Å². The molecule has 6 aromatic rings. The van der Waals surface area contributed by atoms with Gasteiger partial charge in [-0.1, -0.05) is 59.1 Å². The number of aromatic nitrogens is 2. The molecule has 1 saturated carbocycles. The Bertz CT molecular complexity index is 3810. The second-order valence-electron chi connectivity index (χ2n) is 25.3. The molecule has 5 N–H and O–H groups in total. The molecule has 4 aliphatic heterocycles. The number of aromatic amines is 1. The number of amides is 4. The predicted octanol–water partition coefficient (Wildman–Crippen LogP) is 10.3. The van der Waals surface area contributed by atoms with Crippen molar-refractivity contribution in [3.63, 3.8) is 0 Å². The maximum absolute atomic E-state index is 14.2. The number of nitrogens with zero attached hydrogens (tertiary/aromatic N) is 7. The van der Waals surface area contributed by atoms with Crippen molar-refractivity contribution >= 4 is 94.9 Å². The first kappa shape index (κ1) is 61.4. The van der Waals surface area contributed by atoms with E-state index in [4.69, 9.17) is 16.3 Å². The van der Waals surface area contributed by atoms with Gasteiger partial charge in [0.15, 0.2) is 0 Å². The zero-order chi connectivity index (χ0) is 61.6. The number of rotatable bonds is 17. The Labute approximate surface area is 526 Å². The summed E-state index contributed by atoms with van der Waals surface area (Å²) in [6.45, 7) is 14.9. The van der Waals surface area contributed by atoms with Gasteiger partial charge in [-0.25, -0.2) is 18.1 Å².